The summed E-state index contributed by atoms with van der Waals surface area (Å²) < 4.78 is 1.07. The predicted molar refractivity (Wildman–Crippen MR) is 112 cm³/mol. The van der Waals surface area contributed by atoms with Crippen LogP contribution in [0.3, 0.4) is 0 Å². The van der Waals surface area contributed by atoms with E-state index in [4.69, 9.17) is 0 Å². The number of fused-ring (bicyclic) bond motifs is 2. The molecule has 3 aromatic heterocycles. The largest absolute Gasteiger partial charge is 0.347 e. The van der Waals surface area contributed by atoms with Gasteiger partial charge in [0.15, 0.2) is 0 Å². The predicted octanol–water partition coefficient (Wildman–Crippen LogP) is 3.71. The molecule has 0 aliphatic carbocycles. The van der Waals surface area contributed by atoms with Gasteiger partial charge in [-0.2, -0.15) is 0 Å². The molecule has 4 heterocycles. The molecule has 1 aliphatic rings. The van der Waals surface area contributed by atoms with E-state index in [1.54, 1.807) is 30.2 Å². The van der Waals surface area contributed by atoms with Gasteiger partial charge in [-0.1, -0.05) is 15.9 Å². The third kappa shape index (κ3) is 4.48. The number of thiazole rings is 1. The third-order valence-electron chi connectivity index (χ3n) is 4.55. The Morgan fingerprint density at radius 1 is 1.21 bits per heavy atom. The molecule has 2 N–H and O–H groups in total. The highest BCUT2D eigenvalue weighted by atomic mass is 79.9. The summed E-state index contributed by atoms with van der Waals surface area (Å²) in [5.74, 6) is 0.199. The second-order valence-corrected chi connectivity index (χ2v) is 8.28. The summed E-state index contributed by atoms with van der Waals surface area (Å²) in [6, 6.07) is 5.95. The van der Waals surface area contributed by atoms with Gasteiger partial charge in [0.05, 0.1) is 46.6 Å². The van der Waals surface area contributed by atoms with Crippen LogP contribution in [-0.4, -0.2) is 42.3 Å². The lowest BCUT2D eigenvalue weighted by atomic mass is 10.1. The smallest absolute Gasteiger partial charge is 0.223 e. The summed E-state index contributed by atoms with van der Waals surface area (Å²) in [6.45, 7) is 1.43. The number of nitrogens with zero attached hydrogens (tertiary/aromatic N) is 4. The highest BCUT2D eigenvalue weighted by Gasteiger charge is 2.22. The lowest BCUT2D eigenvalue weighted by Crippen LogP contribution is -2.36. The lowest BCUT2D eigenvalue weighted by Gasteiger charge is -2.26. The van der Waals surface area contributed by atoms with Gasteiger partial charge >= 0.3 is 0 Å². The van der Waals surface area contributed by atoms with Crippen molar-refractivity contribution in [1.82, 2.24) is 29.8 Å². The molecule has 1 aliphatic heterocycles. The summed E-state index contributed by atoms with van der Waals surface area (Å²) >= 11 is 4.97. The summed E-state index contributed by atoms with van der Waals surface area (Å²) in [5, 5.41) is 2.97. The van der Waals surface area contributed by atoms with E-state index in [2.05, 4.69) is 40.8 Å². The first-order chi connectivity index (χ1) is 13.7. The first kappa shape index (κ1) is 18.8. The Bertz CT molecular complexity index is 1060. The van der Waals surface area contributed by atoms with Crippen LogP contribution in [0.25, 0.3) is 11.0 Å². The van der Waals surface area contributed by atoms with E-state index in [0.29, 0.717) is 13.0 Å². The van der Waals surface area contributed by atoms with E-state index >= 15 is 0 Å². The van der Waals surface area contributed by atoms with Gasteiger partial charge in [-0.25, -0.2) is 15.0 Å². The molecule has 0 fully saturated rings. The van der Waals surface area contributed by atoms with Crippen molar-refractivity contribution in [3.05, 3.63) is 63.3 Å². The Balaban J connectivity index is 0.000000162. The Hall–Kier alpha value is -2.52. The Labute approximate surface area is 174 Å². The molecular formula is C19H19BrN6OS. The molecule has 28 heavy (non-hydrogen) atoms. The van der Waals surface area contributed by atoms with Crippen molar-refractivity contribution in [1.29, 1.82) is 0 Å². The average Bonchev–Trinajstić information content (AvgIpc) is 3.46. The van der Waals surface area contributed by atoms with E-state index in [1.165, 1.54) is 0 Å². The Morgan fingerprint density at radius 2 is 2.11 bits per heavy atom. The summed E-state index contributed by atoms with van der Waals surface area (Å²) in [7, 11) is 0. The molecular weight excluding hydrogens is 440 g/mol. The number of amides is 1. The van der Waals surface area contributed by atoms with E-state index < -0.39 is 0 Å². The van der Waals surface area contributed by atoms with Crippen LogP contribution in [-0.2, 0) is 24.2 Å². The minimum absolute atomic E-state index is 0.199. The maximum atomic E-state index is 12.1. The fourth-order valence-corrected chi connectivity index (χ4v) is 4.06. The molecule has 9 heteroatoms. The number of nitrogens with one attached hydrogen (secondary N) is 2. The Kier molecular flexibility index (Phi) is 5.82. The number of hydrogen-bond acceptors (Lipinski definition) is 5. The number of H-pyrrole nitrogens is 2. The quantitative estimate of drug-likeness (QED) is 0.489. The van der Waals surface area contributed by atoms with E-state index in [1.807, 2.05) is 28.5 Å². The molecule has 0 saturated heterocycles. The fraction of sp³-hybridized carbons (Fsp3) is 0.263. The normalized spacial score (nSPS) is 13.1. The number of aryl methyl sites for hydroxylation is 1. The molecule has 144 valence electrons. The number of carbonyl (C=O) groups is 1. The van der Waals surface area contributed by atoms with Gasteiger partial charge in [-0.05, 0) is 18.2 Å². The first-order valence-corrected chi connectivity index (χ1v) is 10.6. The number of hydrogen-bond donors (Lipinski definition) is 2. The standard InChI is InChI=1S/C12H14N4OS.C7H5BrN2/c17-12(2-1-11-13-4-6-18-11)16-5-3-9-10(7-16)15-8-14-9;8-5-1-2-6-7(3-5)10-4-9-6/h4,6,8H,1-3,5,7H2,(H,14,15);1-4H,(H,9,10). The first-order valence-electron chi connectivity index (χ1n) is 8.95. The van der Waals surface area contributed by atoms with Crippen LogP contribution >= 0.6 is 27.3 Å². The molecule has 5 rings (SSSR count). The topological polar surface area (TPSA) is 90.6 Å². The van der Waals surface area contributed by atoms with Crippen molar-refractivity contribution in [3.8, 4) is 0 Å². The van der Waals surface area contributed by atoms with Gasteiger partial charge in [0.25, 0.3) is 0 Å². The Morgan fingerprint density at radius 3 is 2.96 bits per heavy atom. The van der Waals surface area contributed by atoms with Gasteiger partial charge in [-0.3, -0.25) is 4.79 Å². The maximum Gasteiger partial charge on any atom is 0.223 e. The van der Waals surface area contributed by atoms with Crippen molar-refractivity contribution >= 4 is 44.2 Å². The van der Waals surface area contributed by atoms with Crippen molar-refractivity contribution in [2.75, 3.05) is 6.54 Å². The second-order valence-electron chi connectivity index (χ2n) is 6.38. The van der Waals surface area contributed by atoms with E-state index in [0.717, 1.165) is 51.3 Å². The number of aromatic amines is 2. The zero-order chi connectivity index (χ0) is 19.3. The van der Waals surface area contributed by atoms with Crippen molar-refractivity contribution in [3.63, 3.8) is 0 Å². The summed E-state index contributed by atoms with van der Waals surface area (Å²) in [5.41, 5.74) is 4.24. The molecule has 0 radical (unpaired) electrons. The van der Waals surface area contributed by atoms with Crippen LogP contribution in [0, 0.1) is 0 Å². The maximum absolute atomic E-state index is 12.1. The number of benzene rings is 1. The molecule has 0 atom stereocenters. The number of halogens is 1. The molecule has 0 saturated carbocycles. The van der Waals surface area contributed by atoms with Crippen LogP contribution in [0.1, 0.15) is 22.8 Å². The van der Waals surface area contributed by atoms with Crippen LogP contribution in [0.5, 0.6) is 0 Å². The van der Waals surface area contributed by atoms with Crippen LogP contribution in [0.4, 0.5) is 0 Å². The van der Waals surface area contributed by atoms with Gasteiger partial charge in [0.2, 0.25) is 5.91 Å². The third-order valence-corrected chi connectivity index (χ3v) is 5.88. The van der Waals surface area contributed by atoms with Crippen LogP contribution in [0.2, 0.25) is 0 Å². The van der Waals surface area contributed by atoms with Gasteiger partial charge in [-0.15, -0.1) is 11.3 Å². The average molecular weight is 459 g/mol. The monoisotopic (exact) mass is 458 g/mol. The number of imidazole rings is 2. The molecule has 7 nitrogen and oxygen atoms in total. The molecule has 1 aromatic carbocycles. The number of carbonyl (C=O) groups excluding carboxylic acids is 1. The number of rotatable bonds is 3. The minimum Gasteiger partial charge on any atom is -0.347 e. The summed E-state index contributed by atoms with van der Waals surface area (Å²) in [4.78, 5) is 32.6. The molecule has 1 amide bonds. The second kappa shape index (κ2) is 8.66. The molecule has 0 spiro atoms. The number of aromatic nitrogens is 5. The molecule has 0 unspecified atom stereocenters. The fourth-order valence-electron chi connectivity index (χ4n) is 3.08. The van der Waals surface area contributed by atoms with Gasteiger partial charge < -0.3 is 14.9 Å². The van der Waals surface area contributed by atoms with Crippen molar-refractivity contribution in [2.45, 2.75) is 25.8 Å². The van der Waals surface area contributed by atoms with Crippen molar-refractivity contribution < 1.29 is 4.79 Å². The molecule has 0 bridgehead atoms. The highest BCUT2D eigenvalue weighted by molar-refractivity contribution is 9.10. The summed E-state index contributed by atoms with van der Waals surface area (Å²) in [6.07, 6.45) is 7.30. The lowest BCUT2D eigenvalue weighted by molar-refractivity contribution is -0.132. The highest BCUT2D eigenvalue weighted by Crippen LogP contribution is 2.17. The van der Waals surface area contributed by atoms with Crippen LogP contribution < -0.4 is 0 Å². The van der Waals surface area contributed by atoms with Gasteiger partial charge in [0.1, 0.15) is 0 Å². The van der Waals surface area contributed by atoms with Crippen LogP contribution in [0.15, 0.2) is 46.9 Å². The van der Waals surface area contributed by atoms with E-state index in [-0.39, 0.29) is 5.91 Å². The SMILES string of the molecule is Brc1ccc2nc[nH]c2c1.O=C(CCc1nccs1)N1CCc2nc[nH]c2C1. The zero-order valence-electron chi connectivity index (χ0n) is 15.1. The minimum atomic E-state index is 0.199. The van der Waals surface area contributed by atoms with Crippen molar-refractivity contribution in [2.24, 2.45) is 0 Å². The van der Waals surface area contributed by atoms with Gasteiger partial charge in [0, 0.05) is 41.9 Å². The zero-order valence-corrected chi connectivity index (χ0v) is 17.5. The van der Waals surface area contributed by atoms with E-state index in [9.17, 15) is 4.79 Å². The molecule has 4 aromatic rings.